The van der Waals surface area contributed by atoms with Gasteiger partial charge in [0.1, 0.15) is 11.9 Å². The summed E-state index contributed by atoms with van der Waals surface area (Å²) in [5.74, 6) is 1.17. The molecule has 0 aliphatic carbocycles. The van der Waals surface area contributed by atoms with Crippen molar-refractivity contribution in [2.24, 2.45) is 0 Å². The van der Waals surface area contributed by atoms with E-state index in [9.17, 15) is 0 Å². The molecule has 0 aliphatic heterocycles. The van der Waals surface area contributed by atoms with Crippen LogP contribution in [0.4, 0.5) is 0 Å². The first-order valence-electron chi connectivity index (χ1n) is 3.23. The molecule has 0 bridgehead atoms. The van der Waals surface area contributed by atoms with Crippen molar-refractivity contribution in [1.82, 2.24) is 4.98 Å². The quantitative estimate of drug-likeness (QED) is 0.642. The van der Waals surface area contributed by atoms with Gasteiger partial charge < -0.3 is 9.52 Å². The van der Waals surface area contributed by atoms with Gasteiger partial charge in [0.2, 0.25) is 5.89 Å². The van der Waals surface area contributed by atoms with Gasteiger partial charge in [-0.2, -0.15) is 0 Å². The van der Waals surface area contributed by atoms with Gasteiger partial charge in [-0.15, -0.1) is 0 Å². The Hall–Kier alpha value is -0.830. The van der Waals surface area contributed by atoms with Crippen molar-refractivity contribution in [2.45, 2.75) is 26.9 Å². The van der Waals surface area contributed by atoms with E-state index in [4.69, 9.17) is 9.52 Å². The van der Waals surface area contributed by atoms with Gasteiger partial charge in [-0.25, -0.2) is 4.98 Å². The van der Waals surface area contributed by atoms with Crippen LogP contribution in [0.5, 0.6) is 0 Å². The molecule has 0 aliphatic rings. The Balaban J connectivity index is 2.98. The molecule has 1 unspecified atom stereocenters. The fraction of sp³-hybridized carbons (Fsp3) is 0.571. The Morgan fingerprint density at radius 3 is 2.30 bits per heavy atom. The second-order valence-electron chi connectivity index (χ2n) is 2.37. The molecule has 0 saturated carbocycles. The highest BCUT2D eigenvalue weighted by Crippen LogP contribution is 2.14. The van der Waals surface area contributed by atoms with Crippen molar-refractivity contribution in [2.75, 3.05) is 0 Å². The van der Waals surface area contributed by atoms with Crippen molar-refractivity contribution < 1.29 is 9.52 Å². The molecule has 1 atom stereocenters. The Morgan fingerprint density at radius 1 is 1.50 bits per heavy atom. The summed E-state index contributed by atoms with van der Waals surface area (Å²) in [5.41, 5.74) is 0.843. The zero-order chi connectivity index (χ0) is 7.72. The summed E-state index contributed by atoms with van der Waals surface area (Å²) in [5, 5.41) is 9.01. The topological polar surface area (TPSA) is 46.3 Å². The molecule has 0 radical (unpaired) electrons. The van der Waals surface area contributed by atoms with Gasteiger partial charge in [-0.3, -0.25) is 0 Å². The first-order chi connectivity index (χ1) is 4.61. The molecule has 1 heterocycles. The Bertz CT molecular complexity index is 208. The number of aryl methyl sites for hydroxylation is 2. The van der Waals surface area contributed by atoms with E-state index < -0.39 is 6.10 Å². The van der Waals surface area contributed by atoms with Crippen LogP contribution in [-0.4, -0.2) is 10.1 Å². The third kappa shape index (κ3) is 1.19. The molecular weight excluding hydrogens is 130 g/mol. The van der Waals surface area contributed by atoms with Gasteiger partial charge in [0.25, 0.3) is 0 Å². The minimum Gasteiger partial charge on any atom is -0.443 e. The molecule has 3 heteroatoms. The standard InChI is InChI=1S/C7H11NO2/c1-4-6(3)10-7(8-4)5(2)9/h5,9H,1-3H3. The zero-order valence-electron chi connectivity index (χ0n) is 6.38. The van der Waals surface area contributed by atoms with Crippen molar-refractivity contribution in [3.63, 3.8) is 0 Å². The van der Waals surface area contributed by atoms with E-state index in [1.54, 1.807) is 6.92 Å². The summed E-state index contributed by atoms with van der Waals surface area (Å²) in [4.78, 5) is 3.99. The van der Waals surface area contributed by atoms with Crippen molar-refractivity contribution in [1.29, 1.82) is 0 Å². The number of oxazole rings is 1. The summed E-state index contributed by atoms with van der Waals surface area (Å²) < 4.78 is 5.11. The third-order valence-electron chi connectivity index (χ3n) is 1.40. The molecule has 10 heavy (non-hydrogen) atoms. The molecule has 3 nitrogen and oxygen atoms in total. The Kier molecular flexibility index (Phi) is 1.76. The van der Waals surface area contributed by atoms with E-state index in [2.05, 4.69) is 4.98 Å². The van der Waals surface area contributed by atoms with E-state index >= 15 is 0 Å². The minimum atomic E-state index is -0.604. The van der Waals surface area contributed by atoms with E-state index in [1.165, 1.54) is 0 Å². The van der Waals surface area contributed by atoms with Crippen LogP contribution in [0.1, 0.15) is 30.4 Å². The van der Waals surface area contributed by atoms with Gasteiger partial charge in [0.15, 0.2) is 0 Å². The molecule has 1 rings (SSSR count). The van der Waals surface area contributed by atoms with Crippen LogP contribution < -0.4 is 0 Å². The smallest absolute Gasteiger partial charge is 0.223 e. The van der Waals surface area contributed by atoms with Gasteiger partial charge in [0.05, 0.1) is 5.69 Å². The number of rotatable bonds is 1. The Labute approximate surface area is 59.7 Å². The zero-order valence-corrected chi connectivity index (χ0v) is 6.38. The molecule has 1 aromatic rings. The number of nitrogens with zero attached hydrogens (tertiary/aromatic N) is 1. The summed E-state index contributed by atoms with van der Waals surface area (Å²) in [6, 6.07) is 0. The lowest BCUT2D eigenvalue weighted by atomic mass is 10.4. The lowest BCUT2D eigenvalue weighted by Crippen LogP contribution is -1.89. The van der Waals surface area contributed by atoms with E-state index in [0.717, 1.165) is 11.5 Å². The molecule has 1 N–H and O–H groups in total. The summed E-state index contributed by atoms with van der Waals surface area (Å²) >= 11 is 0. The number of aliphatic hydroxyl groups is 1. The summed E-state index contributed by atoms with van der Waals surface area (Å²) in [7, 11) is 0. The van der Waals surface area contributed by atoms with Crippen LogP contribution >= 0.6 is 0 Å². The molecule has 56 valence electrons. The maximum Gasteiger partial charge on any atom is 0.223 e. The van der Waals surface area contributed by atoms with Gasteiger partial charge in [-0.05, 0) is 20.8 Å². The first kappa shape index (κ1) is 7.28. The Morgan fingerprint density at radius 2 is 2.10 bits per heavy atom. The average Bonchev–Trinajstić information content (AvgIpc) is 2.13. The second-order valence-corrected chi connectivity index (χ2v) is 2.37. The predicted molar refractivity (Wildman–Crippen MR) is 36.6 cm³/mol. The molecule has 0 saturated heterocycles. The van der Waals surface area contributed by atoms with Crippen LogP contribution in [-0.2, 0) is 0 Å². The lowest BCUT2D eigenvalue weighted by Gasteiger charge is -1.93. The van der Waals surface area contributed by atoms with E-state index in [1.807, 2.05) is 13.8 Å². The van der Waals surface area contributed by atoms with Crippen LogP contribution in [0.25, 0.3) is 0 Å². The van der Waals surface area contributed by atoms with Crippen LogP contribution in [0.2, 0.25) is 0 Å². The molecule has 1 aromatic heterocycles. The highest BCUT2D eigenvalue weighted by molar-refractivity contribution is 5.05. The SMILES string of the molecule is Cc1nc(C(C)O)oc1C. The van der Waals surface area contributed by atoms with Gasteiger partial charge in [-0.1, -0.05) is 0 Å². The van der Waals surface area contributed by atoms with Gasteiger partial charge in [0, 0.05) is 0 Å². The first-order valence-corrected chi connectivity index (χ1v) is 3.23. The van der Waals surface area contributed by atoms with Crippen molar-refractivity contribution in [3.8, 4) is 0 Å². The molecule has 0 aromatic carbocycles. The van der Waals surface area contributed by atoms with E-state index in [-0.39, 0.29) is 0 Å². The summed E-state index contributed by atoms with van der Waals surface area (Å²) in [6.45, 7) is 5.31. The van der Waals surface area contributed by atoms with Gasteiger partial charge >= 0.3 is 0 Å². The largest absolute Gasteiger partial charge is 0.443 e. The molecule has 0 spiro atoms. The normalized spacial score (nSPS) is 13.6. The minimum absolute atomic E-state index is 0.398. The monoisotopic (exact) mass is 141 g/mol. The highest BCUT2D eigenvalue weighted by Gasteiger charge is 2.09. The number of hydrogen-bond acceptors (Lipinski definition) is 3. The maximum atomic E-state index is 9.01. The molecular formula is C7H11NO2. The van der Waals surface area contributed by atoms with Crippen LogP contribution in [0.15, 0.2) is 4.42 Å². The maximum absolute atomic E-state index is 9.01. The fourth-order valence-corrected chi connectivity index (χ4v) is 0.676. The molecule has 0 amide bonds. The number of aliphatic hydroxyl groups excluding tert-OH is 1. The number of aromatic nitrogens is 1. The fourth-order valence-electron chi connectivity index (χ4n) is 0.676. The van der Waals surface area contributed by atoms with E-state index in [0.29, 0.717) is 5.89 Å². The average molecular weight is 141 g/mol. The number of hydrogen-bond donors (Lipinski definition) is 1. The van der Waals surface area contributed by atoms with Crippen LogP contribution in [0.3, 0.4) is 0 Å². The second kappa shape index (κ2) is 2.42. The highest BCUT2D eigenvalue weighted by atomic mass is 16.4. The predicted octanol–water partition coefficient (Wildman–Crippen LogP) is 1.34. The van der Waals surface area contributed by atoms with Crippen LogP contribution in [0, 0.1) is 13.8 Å². The molecule has 0 fully saturated rings. The third-order valence-corrected chi connectivity index (χ3v) is 1.40. The van der Waals surface area contributed by atoms with Crippen molar-refractivity contribution in [3.05, 3.63) is 17.3 Å². The lowest BCUT2D eigenvalue weighted by molar-refractivity contribution is 0.161. The van der Waals surface area contributed by atoms with Crippen molar-refractivity contribution >= 4 is 0 Å². The summed E-state index contributed by atoms with van der Waals surface area (Å²) in [6.07, 6.45) is -0.604.